The molecule has 0 saturated heterocycles. The van der Waals surface area contributed by atoms with Crippen molar-refractivity contribution in [3.05, 3.63) is 94.1 Å². The van der Waals surface area contributed by atoms with Gasteiger partial charge in [0.15, 0.2) is 0 Å². The van der Waals surface area contributed by atoms with Crippen molar-refractivity contribution in [2.24, 2.45) is 0 Å². The molecule has 0 saturated carbocycles. The first-order valence-electron chi connectivity index (χ1n) is 10.6. The molecule has 0 radical (unpaired) electrons. The summed E-state index contributed by atoms with van der Waals surface area (Å²) >= 11 is 3.42. The van der Waals surface area contributed by atoms with Crippen LogP contribution in [0.15, 0.2) is 77.4 Å². The van der Waals surface area contributed by atoms with Gasteiger partial charge in [0.2, 0.25) is 0 Å². The third-order valence-corrected chi connectivity index (χ3v) is 6.64. The van der Waals surface area contributed by atoms with Crippen LogP contribution in [0.1, 0.15) is 28.5 Å². The molecule has 0 spiro atoms. The highest BCUT2D eigenvalue weighted by Crippen LogP contribution is 2.44. The minimum absolute atomic E-state index is 0.0515. The molecule has 33 heavy (non-hydrogen) atoms. The molecule has 0 bridgehead atoms. The predicted molar refractivity (Wildman–Crippen MR) is 129 cm³/mol. The first-order valence-corrected chi connectivity index (χ1v) is 11.4. The van der Waals surface area contributed by atoms with Gasteiger partial charge < -0.3 is 20.1 Å². The van der Waals surface area contributed by atoms with Crippen molar-refractivity contribution in [2.45, 2.75) is 11.8 Å². The van der Waals surface area contributed by atoms with Crippen molar-refractivity contribution in [2.75, 3.05) is 13.2 Å². The molecule has 166 valence electrons. The Kier molecular flexibility index (Phi) is 5.64. The zero-order valence-electron chi connectivity index (χ0n) is 17.5. The van der Waals surface area contributed by atoms with Crippen molar-refractivity contribution >= 4 is 38.9 Å². The second-order valence-electron chi connectivity index (χ2n) is 8.03. The van der Waals surface area contributed by atoms with Crippen molar-refractivity contribution in [1.82, 2.24) is 10.3 Å². The van der Waals surface area contributed by atoms with Crippen LogP contribution < -0.4 is 5.32 Å². The fraction of sp³-hybridized carbons (Fsp3) is 0.154. The van der Waals surface area contributed by atoms with Gasteiger partial charge in [-0.05, 0) is 46.0 Å². The zero-order chi connectivity index (χ0) is 22.9. The summed E-state index contributed by atoms with van der Waals surface area (Å²) < 4.78 is 6.39. The number of carbonyl (C=O) groups is 2. The van der Waals surface area contributed by atoms with Crippen LogP contribution in [0.4, 0.5) is 4.79 Å². The SMILES string of the molecule is O=C(NC[C@@H](C(=O)O)c1c[nH]c2ccc(Br)cc12)OCC1c2ccccc2-c2ccccc21. The number of benzene rings is 3. The molecule has 1 amide bonds. The molecule has 3 N–H and O–H groups in total. The van der Waals surface area contributed by atoms with E-state index in [0.29, 0.717) is 5.56 Å². The molecular formula is C26H21BrN2O4. The summed E-state index contributed by atoms with van der Waals surface area (Å²) in [4.78, 5) is 27.6. The monoisotopic (exact) mass is 504 g/mol. The van der Waals surface area contributed by atoms with E-state index >= 15 is 0 Å². The number of carboxylic acid groups (broad SMARTS) is 1. The third-order valence-electron chi connectivity index (χ3n) is 6.14. The van der Waals surface area contributed by atoms with Crippen molar-refractivity contribution in [3.63, 3.8) is 0 Å². The minimum Gasteiger partial charge on any atom is -0.481 e. The van der Waals surface area contributed by atoms with E-state index in [1.54, 1.807) is 6.20 Å². The second kappa shape index (κ2) is 8.75. The first-order chi connectivity index (χ1) is 16.0. The number of fused-ring (bicyclic) bond motifs is 4. The summed E-state index contributed by atoms with van der Waals surface area (Å²) in [5.41, 5.74) is 5.99. The van der Waals surface area contributed by atoms with Gasteiger partial charge in [-0.25, -0.2) is 4.79 Å². The Morgan fingerprint density at radius 3 is 2.36 bits per heavy atom. The molecule has 1 aliphatic carbocycles. The summed E-state index contributed by atoms with van der Waals surface area (Å²) in [5, 5.41) is 13.2. The number of hydrogen-bond donors (Lipinski definition) is 3. The van der Waals surface area contributed by atoms with Gasteiger partial charge in [-0.1, -0.05) is 64.5 Å². The molecule has 0 aliphatic heterocycles. The Labute approximate surface area is 198 Å². The minimum atomic E-state index is -1.02. The molecular weight excluding hydrogens is 484 g/mol. The third kappa shape index (κ3) is 4.00. The number of carbonyl (C=O) groups excluding carboxylic acids is 1. The average Bonchev–Trinajstić information content (AvgIpc) is 3.37. The fourth-order valence-corrected chi connectivity index (χ4v) is 4.93. The number of alkyl carbamates (subject to hydrolysis) is 1. The van der Waals surface area contributed by atoms with Crippen LogP contribution in [0.3, 0.4) is 0 Å². The molecule has 1 aliphatic rings. The highest BCUT2D eigenvalue weighted by atomic mass is 79.9. The lowest BCUT2D eigenvalue weighted by Gasteiger charge is -2.16. The van der Waals surface area contributed by atoms with E-state index < -0.39 is 18.0 Å². The van der Waals surface area contributed by atoms with Gasteiger partial charge in [-0.15, -0.1) is 0 Å². The summed E-state index contributed by atoms with van der Waals surface area (Å²) in [6.45, 7) is 0.100. The van der Waals surface area contributed by atoms with E-state index in [0.717, 1.165) is 37.6 Å². The standard InChI is InChI=1S/C26H21BrN2O4/c27-15-9-10-24-20(11-15)21(12-28-24)22(25(30)31)13-29-26(32)33-14-23-18-7-3-1-5-16(18)17-6-2-4-8-19(17)23/h1-12,22-23,28H,13-14H2,(H,29,32)(H,30,31)/t22-/m1/s1. The van der Waals surface area contributed by atoms with E-state index in [1.807, 2.05) is 42.5 Å². The Balaban J connectivity index is 1.27. The molecule has 4 aromatic rings. The van der Waals surface area contributed by atoms with Gasteiger partial charge in [0.05, 0.1) is 0 Å². The number of hydrogen-bond acceptors (Lipinski definition) is 3. The largest absolute Gasteiger partial charge is 0.481 e. The van der Waals surface area contributed by atoms with E-state index in [1.165, 1.54) is 0 Å². The molecule has 1 atom stereocenters. The van der Waals surface area contributed by atoms with Gasteiger partial charge in [-0.2, -0.15) is 0 Å². The molecule has 0 fully saturated rings. The number of nitrogens with one attached hydrogen (secondary N) is 2. The Hall–Kier alpha value is -3.58. The summed E-state index contributed by atoms with van der Waals surface area (Å²) in [7, 11) is 0. The average molecular weight is 505 g/mol. The van der Waals surface area contributed by atoms with E-state index in [9.17, 15) is 14.7 Å². The van der Waals surface area contributed by atoms with E-state index in [-0.39, 0.29) is 19.1 Å². The fourth-order valence-electron chi connectivity index (χ4n) is 4.57. The molecule has 0 unspecified atom stereocenters. The van der Waals surface area contributed by atoms with Crippen LogP contribution in [-0.2, 0) is 9.53 Å². The van der Waals surface area contributed by atoms with E-state index in [2.05, 4.69) is 50.5 Å². The van der Waals surface area contributed by atoms with Crippen LogP contribution in [-0.4, -0.2) is 35.3 Å². The maximum absolute atomic E-state index is 12.5. The number of halogens is 1. The number of aromatic amines is 1. The summed E-state index contributed by atoms with van der Waals surface area (Å²) in [6, 6.07) is 21.8. The van der Waals surface area contributed by atoms with Gasteiger partial charge in [-0.3, -0.25) is 4.79 Å². The maximum Gasteiger partial charge on any atom is 0.407 e. The van der Waals surface area contributed by atoms with Gasteiger partial charge in [0.25, 0.3) is 0 Å². The van der Waals surface area contributed by atoms with Crippen LogP contribution in [0.5, 0.6) is 0 Å². The molecule has 5 rings (SSSR count). The predicted octanol–water partition coefficient (Wildman–Crippen LogP) is 5.64. The number of carboxylic acids is 1. The van der Waals surface area contributed by atoms with Crippen LogP contribution in [0.25, 0.3) is 22.0 Å². The second-order valence-corrected chi connectivity index (χ2v) is 8.95. The quantitative estimate of drug-likeness (QED) is 0.317. The lowest BCUT2D eigenvalue weighted by molar-refractivity contribution is -0.138. The van der Waals surface area contributed by atoms with Gasteiger partial charge in [0.1, 0.15) is 12.5 Å². The highest BCUT2D eigenvalue weighted by molar-refractivity contribution is 9.10. The first kappa shape index (κ1) is 21.3. The number of aliphatic carboxylic acids is 1. The Morgan fingerprint density at radius 1 is 1.03 bits per heavy atom. The number of aromatic nitrogens is 1. The molecule has 1 heterocycles. The molecule has 1 aromatic heterocycles. The number of rotatable bonds is 6. The van der Waals surface area contributed by atoms with Gasteiger partial charge in [0, 0.05) is 34.0 Å². The van der Waals surface area contributed by atoms with E-state index in [4.69, 9.17) is 4.74 Å². The maximum atomic E-state index is 12.5. The lowest BCUT2D eigenvalue weighted by atomic mass is 9.98. The highest BCUT2D eigenvalue weighted by Gasteiger charge is 2.29. The van der Waals surface area contributed by atoms with Crippen LogP contribution in [0.2, 0.25) is 0 Å². The molecule has 7 heteroatoms. The lowest BCUT2D eigenvalue weighted by Crippen LogP contribution is -2.32. The Bertz CT molecular complexity index is 1320. The number of amides is 1. The topological polar surface area (TPSA) is 91.4 Å². The van der Waals surface area contributed by atoms with Crippen molar-refractivity contribution < 1.29 is 19.4 Å². The summed E-state index contributed by atoms with van der Waals surface area (Å²) in [6.07, 6.45) is 1.04. The molecule has 6 nitrogen and oxygen atoms in total. The van der Waals surface area contributed by atoms with Crippen molar-refractivity contribution in [1.29, 1.82) is 0 Å². The van der Waals surface area contributed by atoms with Crippen LogP contribution >= 0.6 is 15.9 Å². The number of H-pyrrole nitrogens is 1. The van der Waals surface area contributed by atoms with Crippen LogP contribution in [0, 0.1) is 0 Å². The smallest absolute Gasteiger partial charge is 0.407 e. The van der Waals surface area contributed by atoms with Gasteiger partial charge >= 0.3 is 12.1 Å². The van der Waals surface area contributed by atoms with Crippen molar-refractivity contribution in [3.8, 4) is 11.1 Å². The Morgan fingerprint density at radius 2 is 1.70 bits per heavy atom. The zero-order valence-corrected chi connectivity index (χ0v) is 19.1. The normalized spacial score (nSPS) is 13.4. The molecule has 3 aromatic carbocycles. The number of ether oxygens (including phenoxy) is 1. The summed E-state index contributed by atoms with van der Waals surface area (Å²) in [5.74, 6) is -1.98.